The summed E-state index contributed by atoms with van der Waals surface area (Å²) in [7, 11) is 0. The molecule has 0 unspecified atom stereocenters. The number of ether oxygens (including phenoxy) is 2. The van der Waals surface area contributed by atoms with Crippen LogP contribution in [0.1, 0.15) is 43.0 Å². The molecule has 1 amide bonds. The third-order valence-electron chi connectivity index (χ3n) is 4.42. The van der Waals surface area contributed by atoms with E-state index in [0.29, 0.717) is 24.4 Å². The van der Waals surface area contributed by atoms with Gasteiger partial charge in [0.15, 0.2) is 0 Å². The van der Waals surface area contributed by atoms with Gasteiger partial charge in [0.1, 0.15) is 23.8 Å². The van der Waals surface area contributed by atoms with Crippen LogP contribution in [0.2, 0.25) is 0 Å². The van der Waals surface area contributed by atoms with Crippen LogP contribution in [-0.4, -0.2) is 23.1 Å². The van der Waals surface area contributed by atoms with Crippen molar-refractivity contribution in [2.75, 3.05) is 6.54 Å². The topological polar surface area (TPSA) is 62.6 Å². The summed E-state index contributed by atoms with van der Waals surface area (Å²) < 4.78 is 25.2. The number of nitrogens with zero attached hydrogens (tertiary/aromatic N) is 2. The highest BCUT2D eigenvalue weighted by Gasteiger charge is 2.25. The van der Waals surface area contributed by atoms with E-state index in [1.54, 1.807) is 17.0 Å². The van der Waals surface area contributed by atoms with Crippen molar-refractivity contribution in [3.05, 3.63) is 64.5 Å². The molecule has 28 heavy (non-hydrogen) atoms. The van der Waals surface area contributed by atoms with Gasteiger partial charge in [0, 0.05) is 18.7 Å². The van der Waals surface area contributed by atoms with Crippen molar-refractivity contribution in [1.82, 2.24) is 4.90 Å². The lowest BCUT2D eigenvalue weighted by atomic mass is 10.00. The van der Waals surface area contributed by atoms with Crippen LogP contribution < -0.4 is 4.74 Å². The van der Waals surface area contributed by atoms with E-state index in [4.69, 9.17) is 14.7 Å². The molecule has 0 saturated heterocycles. The average molecular weight is 382 g/mol. The van der Waals surface area contributed by atoms with Crippen LogP contribution in [-0.2, 0) is 24.3 Å². The van der Waals surface area contributed by atoms with Crippen LogP contribution in [0.15, 0.2) is 36.4 Å². The summed E-state index contributed by atoms with van der Waals surface area (Å²) >= 11 is 0. The fourth-order valence-electron chi connectivity index (χ4n) is 3.00. The molecule has 1 aliphatic rings. The van der Waals surface area contributed by atoms with Gasteiger partial charge in [-0.1, -0.05) is 12.1 Å². The van der Waals surface area contributed by atoms with Crippen LogP contribution in [0.5, 0.6) is 5.75 Å². The number of carbonyl (C=O) groups is 1. The number of hydrogen-bond acceptors (Lipinski definition) is 4. The van der Waals surface area contributed by atoms with E-state index in [9.17, 15) is 9.18 Å². The minimum Gasteiger partial charge on any atom is -0.489 e. The Hall–Kier alpha value is -3.07. The van der Waals surface area contributed by atoms with Gasteiger partial charge in [0.25, 0.3) is 0 Å². The fraction of sp³-hybridized carbons (Fsp3) is 0.364. The molecule has 2 aromatic carbocycles. The van der Waals surface area contributed by atoms with Gasteiger partial charge in [-0.2, -0.15) is 5.26 Å². The second-order valence-electron chi connectivity index (χ2n) is 7.79. The maximum absolute atomic E-state index is 14.0. The summed E-state index contributed by atoms with van der Waals surface area (Å²) in [6.07, 6.45) is 0.420. The van der Waals surface area contributed by atoms with Gasteiger partial charge < -0.3 is 14.4 Å². The number of benzene rings is 2. The summed E-state index contributed by atoms with van der Waals surface area (Å²) in [5, 5.41) is 8.81. The number of hydrogen-bond donors (Lipinski definition) is 0. The smallest absolute Gasteiger partial charge is 0.410 e. The molecule has 0 radical (unpaired) electrons. The van der Waals surface area contributed by atoms with E-state index < -0.39 is 11.4 Å². The number of halogens is 1. The Morgan fingerprint density at radius 2 is 2.00 bits per heavy atom. The van der Waals surface area contributed by atoms with Crippen LogP contribution in [0, 0.1) is 17.1 Å². The standard InChI is InChI=1S/C22H23FN2O3/c1-22(2,3)28-21(26)25-9-8-16-6-7-19(11-18(16)13-25)27-14-17-5-4-15(12-24)10-20(17)23/h4-7,10-11H,8-9,13-14H2,1-3H3. The van der Waals surface area contributed by atoms with Crippen molar-refractivity contribution in [1.29, 1.82) is 5.26 Å². The summed E-state index contributed by atoms with van der Waals surface area (Å²) in [4.78, 5) is 14.0. The quantitative estimate of drug-likeness (QED) is 0.780. The number of nitriles is 1. The lowest BCUT2D eigenvalue weighted by molar-refractivity contribution is 0.0223. The van der Waals surface area contributed by atoms with Crippen LogP contribution in [0.25, 0.3) is 0 Å². The van der Waals surface area contributed by atoms with E-state index in [0.717, 1.165) is 17.5 Å². The second-order valence-corrected chi connectivity index (χ2v) is 7.79. The number of amides is 1. The molecule has 2 aromatic rings. The molecule has 0 aromatic heterocycles. The molecule has 0 aliphatic carbocycles. The molecule has 0 fully saturated rings. The first-order valence-corrected chi connectivity index (χ1v) is 9.16. The maximum Gasteiger partial charge on any atom is 0.410 e. The van der Waals surface area contributed by atoms with E-state index in [2.05, 4.69) is 0 Å². The van der Waals surface area contributed by atoms with Crippen molar-refractivity contribution in [3.63, 3.8) is 0 Å². The van der Waals surface area contributed by atoms with Gasteiger partial charge in [0.05, 0.1) is 11.6 Å². The SMILES string of the molecule is CC(C)(C)OC(=O)N1CCc2ccc(OCc3ccc(C#N)cc3F)cc2C1. The molecule has 0 spiro atoms. The van der Waals surface area contributed by atoms with E-state index in [1.807, 2.05) is 45.0 Å². The molecule has 5 nitrogen and oxygen atoms in total. The molecule has 0 atom stereocenters. The lowest BCUT2D eigenvalue weighted by Crippen LogP contribution is -2.39. The van der Waals surface area contributed by atoms with Gasteiger partial charge in [-0.05, 0) is 62.6 Å². The van der Waals surface area contributed by atoms with E-state index >= 15 is 0 Å². The zero-order chi connectivity index (χ0) is 20.3. The fourth-order valence-corrected chi connectivity index (χ4v) is 3.00. The lowest BCUT2D eigenvalue weighted by Gasteiger charge is -2.31. The second kappa shape index (κ2) is 7.89. The molecule has 0 bridgehead atoms. The molecule has 1 aliphatic heterocycles. The Bertz CT molecular complexity index is 928. The number of fused-ring (bicyclic) bond motifs is 1. The third kappa shape index (κ3) is 4.80. The molecule has 146 valence electrons. The summed E-state index contributed by atoms with van der Waals surface area (Å²) in [6, 6.07) is 11.9. The number of carbonyl (C=O) groups excluding carboxylic acids is 1. The summed E-state index contributed by atoms with van der Waals surface area (Å²) in [5.41, 5.74) is 2.28. The Balaban J connectivity index is 1.67. The van der Waals surface area contributed by atoms with Crippen LogP contribution in [0.3, 0.4) is 0 Å². The van der Waals surface area contributed by atoms with Gasteiger partial charge in [-0.15, -0.1) is 0 Å². The number of rotatable bonds is 3. The molecule has 0 N–H and O–H groups in total. The zero-order valence-electron chi connectivity index (χ0n) is 16.3. The van der Waals surface area contributed by atoms with E-state index in [1.165, 1.54) is 6.07 Å². The Kier molecular flexibility index (Phi) is 5.55. The average Bonchev–Trinajstić information content (AvgIpc) is 2.65. The predicted molar refractivity (Wildman–Crippen MR) is 102 cm³/mol. The van der Waals surface area contributed by atoms with E-state index in [-0.39, 0.29) is 18.3 Å². The molecule has 6 heteroatoms. The first kappa shape index (κ1) is 19.7. The normalized spacial score (nSPS) is 13.5. The van der Waals surface area contributed by atoms with Gasteiger partial charge >= 0.3 is 6.09 Å². The van der Waals surface area contributed by atoms with Crippen molar-refractivity contribution in [2.45, 2.75) is 45.9 Å². The molecule has 0 saturated carbocycles. The van der Waals surface area contributed by atoms with Crippen molar-refractivity contribution >= 4 is 6.09 Å². The molecular formula is C22H23FN2O3. The minimum atomic E-state index is -0.534. The van der Waals surface area contributed by atoms with Crippen LogP contribution in [0.4, 0.5) is 9.18 Å². The molecule has 3 rings (SSSR count). The maximum atomic E-state index is 14.0. The van der Waals surface area contributed by atoms with Gasteiger partial charge in [-0.3, -0.25) is 0 Å². The Labute approximate surface area is 164 Å². The Morgan fingerprint density at radius 1 is 1.21 bits per heavy atom. The van der Waals surface area contributed by atoms with Crippen molar-refractivity contribution in [3.8, 4) is 11.8 Å². The summed E-state index contributed by atoms with van der Waals surface area (Å²) in [6.45, 7) is 6.66. The Morgan fingerprint density at radius 3 is 2.68 bits per heavy atom. The molecular weight excluding hydrogens is 359 g/mol. The van der Waals surface area contributed by atoms with Gasteiger partial charge in [0.2, 0.25) is 0 Å². The zero-order valence-corrected chi connectivity index (χ0v) is 16.3. The third-order valence-corrected chi connectivity index (χ3v) is 4.42. The minimum absolute atomic E-state index is 0.0616. The monoisotopic (exact) mass is 382 g/mol. The van der Waals surface area contributed by atoms with Crippen molar-refractivity contribution < 1.29 is 18.7 Å². The summed E-state index contributed by atoms with van der Waals surface area (Å²) in [5.74, 6) is 0.140. The largest absolute Gasteiger partial charge is 0.489 e. The van der Waals surface area contributed by atoms with Gasteiger partial charge in [-0.25, -0.2) is 9.18 Å². The first-order chi connectivity index (χ1) is 13.2. The first-order valence-electron chi connectivity index (χ1n) is 9.16. The van der Waals surface area contributed by atoms with Crippen molar-refractivity contribution in [2.24, 2.45) is 0 Å². The highest BCUT2D eigenvalue weighted by atomic mass is 19.1. The highest BCUT2D eigenvalue weighted by molar-refractivity contribution is 5.68. The predicted octanol–water partition coefficient (Wildman–Crippen LogP) is 4.57. The van der Waals surface area contributed by atoms with Crippen LogP contribution >= 0.6 is 0 Å². The molecule has 1 heterocycles. The highest BCUT2D eigenvalue weighted by Crippen LogP contribution is 2.26.